The maximum absolute atomic E-state index is 12.8. The lowest BCUT2D eigenvalue weighted by Crippen LogP contribution is -2.38. The minimum absolute atomic E-state index is 0.0125. The third-order valence-corrected chi connectivity index (χ3v) is 5.74. The fourth-order valence-corrected chi connectivity index (χ4v) is 4.07. The van der Waals surface area contributed by atoms with Crippen LogP contribution in [0.15, 0.2) is 66.7 Å². The van der Waals surface area contributed by atoms with Crippen LogP contribution in [0.3, 0.4) is 0 Å². The van der Waals surface area contributed by atoms with Gasteiger partial charge in [-0.3, -0.25) is 4.90 Å². The van der Waals surface area contributed by atoms with E-state index in [4.69, 9.17) is 0 Å². The molecule has 0 saturated carbocycles. The van der Waals surface area contributed by atoms with Crippen molar-refractivity contribution in [3.05, 3.63) is 77.9 Å². The number of nitrogens with zero attached hydrogens (tertiary/aromatic N) is 2. The van der Waals surface area contributed by atoms with Crippen molar-refractivity contribution >= 4 is 22.5 Å². The van der Waals surface area contributed by atoms with E-state index in [1.54, 1.807) is 0 Å². The van der Waals surface area contributed by atoms with E-state index in [2.05, 4.69) is 65.7 Å². The van der Waals surface area contributed by atoms with Crippen LogP contribution in [0.4, 0.5) is 10.5 Å². The summed E-state index contributed by atoms with van der Waals surface area (Å²) in [6.45, 7) is 6.51. The number of rotatable bonds is 4. The number of hydrogen-bond donors (Lipinski definition) is 1. The standard InChI is InChI=1S/C25H29N3O/c1-2-21-8-5-6-11-24(21)26-25(29)28-15-7-14-27(16-17-28)19-20-12-13-22-9-3-4-10-23(22)18-20/h3-6,8-13,18H,2,7,14-17,19H2,1H3,(H,26,29). The molecule has 1 aliphatic heterocycles. The maximum atomic E-state index is 12.8. The molecule has 0 radical (unpaired) electrons. The highest BCUT2D eigenvalue weighted by Crippen LogP contribution is 2.19. The lowest BCUT2D eigenvalue weighted by atomic mass is 10.1. The summed E-state index contributed by atoms with van der Waals surface area (Å²) in [5, 5.41) is 5.68. The molecule has 29 heavy (non-hydrogen) atoms. The highest BCUT2D eigenvalue weighted by Gasteiger charge is 2.20. The smallest absolute Gasteiger partial charge is 0.321 e. The molecule has 2 amide bonds. The molecular formula is C25H29N3O. The molecule has 0 unspecified atom stereocenters. The van der Waals surface area contributed by atoms with Crippen LogP contribution in [-0.2, 0) is 13.0 Å². The molecule has 0 spiro atoms. The minimum Gasteiger partial charge on any atom is -0.323 e. The Kier molecular flexibility index (Phi) is 6.11. The van der Waals surface area contributed by atoms with Gasteiger partial charge in [-0.15, -0.1) is 0 Å². The second-order valence-electron chi connectivity index (χ2n) is 7.74. The van der Waals surface area contributed by atoms with Crippen LogP contribution in [0.2, 0.25) is 0 Å². The van der Waals surface area contributed by atoms with Crippen molar-refractivity contribution in [3.8, 4) is 0 Å². The Bertz CT molecular complexity index is 984. The number of aryl methyl sites for hydroxylation is 1. The summed E-state index contributed by atoms with van der Waals surface area (Å²) in [6.07, 6.45) is 1.91. The van der Waals surface area contributed by atoms with Crippen LogP contribution in [0.1, 0.15) is 24.5 Å². The molecule has 1 saturated heterocycles. The summed E-state index contributed by atoms with van der Waals surface area (Å²) in [6, 6.07) is 23.3. The van der Waals surface area contributed by atoms with E-state index >= 15 is 0 Å². The van der Waals surface area contributed by atoms with Gasteiger partial charge in [-0.1, -0.05) is 61.5 Å². The molecule has 3 aromatic rings. The predicted octanol–water partition coefficient (Wildman–Crippen LogP) is 5.14. The number of nitrogens with one attached hydrogen (secondary N) is 1. The first-order chi connectivity index (χ1) is 14.2. The van der Waals surface area contributed by atoms with Crippen molar-refractivity contribution < 1.29 is 4.79 Å². The van der Waals surface area contributed by atoms with Gasteiger partial charge in [-0.25, -0.2) is 4.79 Å². The monoisotopic (exact) mass is 387 g/mol. The zero-order chi connectivity index (χ0) is 20.1. The Labute approximate surface area is 173 Å². The van der Waals surface area contributed by atoms with Gasteiger partial charge in [0.05, 0.1) is 0 Å². The Morgan fingerprint density at radius 1 is 0.897 bits per heavy atom. The normalized spacial score (nSPS) is 15.3. The van der Waals surface area contributed by atoms with Gasteiger partial charge >= 0.3 is 6.03 Å². The van der Waals surface area contributed by atoms with E-state index < -0.39 is 0 Å². The van der Waals surface area contributed by atoms with Crippen molar-refractivity contribution in [1.82, 2.24) is 9.80 Å². The lowest BCUT2D eigenvalue weighted by Gasteiger charge is -2.23. The van der Waals surface area contributed by atoms with Gasteiger partial charge in [-0.2, -0.15) is 0 Å². The van der Waals surface area contributed by atoms with E-state index in [0.29, 0.717) is 0 Å². The average molecular weight is 388 g/mol. The van der Waals surface area contributed by atoms with E-state index in [1.807, 2.05) is 23.1 Å². The van der Waals surface area contributed by atoms with Crippen molar-refractivity contribution in [2.45, 2.75) is 26.3 Å². The third-order valence-electron chi connectivity index (χ3n) is 5.74. The molecule has 0 atom stereocenters. The zero-order valence-electron chi connectivity index (χ0n) is 17.1. The number of carbonyl (C=O) groups excluding carboxylic acids is 1. The first-order valence-corrected chi connectivity index (χ1v) is 10.6. The molecule has 1 N–H and O–H groups in total. The van der Waals surface area contributed by atoms with Crippen molar-refractivity contribution in [2.24, 2.45) is 0 Å². The SMILES string of the molecule is CCc1ccccc1NC(=O)N1CCCN(Cc2ccc3ccccc3c2)CC1. The molecule has 1 aliphatic rings. The van der Waals surface area contributed by atoms with Crippen LogP contribution in [0, 0.1) is 0 Å². The molecule has 1 heterocycles. The van der Waals surface area contributed by atoms with E-state index in [9.17, 15) is 4.79 Å². The second-order valence-corrected chi connectivity index (χ2v) is 7.74. The molecule has 4 heteroatoms. The zero-order valence-corrected chi connectivity index (χ0v) is 17.1. The Morgan fingerprint density at radius 3 is 2.55 bits per heavy atom. The number of amides is 2. The largest absolute Gasteiger partial charge is 0.323 e. The summed E-state index contributed by atoms with van der Waals surface area (Å²) in [5.41, 5.74) is 3.43. The first-order valence-electron chi connectivity index (χ1n) is 10.6. The van der Waals surface area contributed by atoms with Gasteiger partial charge in [0.25, 0.3) is 0 Å². The highest BCUT2D eigenvalue weighted by atomic mass is 16.2. The topological polar surface area (TPSA) is 35.6 Å². The van der Waals surface area contributed by atoms with Crippen LogP contribution < -0.4 is 5.32 Å². The van der Waals surface area contributed by atoms with Gasteiger partial charge in [0.15, 0.2) is 0 Å². The molecule has 0 aliphatic carbocycles. The summed E-state index contributed by atoms with van der Waals surface area (Å²) in [4.78, 5) is 17.2. The van der Waals surface area contributed by atoms with Crippen molar-refractivity contribution in [1.29, 1.82) is 0 Å². The molecule has 3 aromatic carbocycles. The van der Waals surface area contributed by atoms with Crippen LogP contribution in [0.25, 0.3) is 10.8 Å². The summed E-state index contributed by atoms with van der Waals surface area (Å²) in [5.74, 6) is 0. The van der Waals surface area contributed by atoms with Gasteiger partial charge in [-0.05, 0) is 46.9 Å². The van der Waals surface area contributed by atoms with Gasteiger partial charge < -0.3 is 10.2 Å². The highest BCUT2D eigenvalue weighted by molar-refractivity contribution is 5.90. The van der Waals surface area contributed by atoms with Crippen LogP contribution in [-0.4, -0.2) is 42.0 Å². The second kappa shape index (κ2) is 9.10. The Hall–Kier alpha value is -2.85. The van der Waals surface area contributed by atoms with Crippen molar-refractivity contribution in [2.75, 3.05) is 31.5 Å². The molecular weight excluding hydrogens is 358 g/mol. The number of urea groups is 1. The van der Waals surface area contributed by atoms with E-state index in [0.717, 1.165) is 51.3 Å². The predicted molar refractivity (Wildman–Crippen MR) is 120 cm³/mol. The average Bonchev–Trinajstić information content (AvgIpc) is 3.00. The van der Waals surface area contributed by atoms with E-state index in [-0.39, 0.29) is 6.03 Å². The van der Waals surface area contributed by atoms with Gasteiger partial charge in [0, 0.05) is 38.4 Å². The van der Waals surface area contributed by atoms with Crippen LogP contribution in [0.5, 0.6) is 0 Å². The van der Waals surface area contributed by atoms with Crippen molar-refractivity contribution in [3.63, 3.8) is 0 Å². The Balaban J connectivity index is 1.36. The first kappa shape index (κ1) is 19.5. The molecule has 0 aromatic heterocycles. The fraction of sp³-hybridized carbons (Fsp3) is 0.320. The maximum Gasteiger partial charge on any atom is 0.321 e. The number of anilines is 1. The van der Waals surface area contributed by atoms with E-state index in [1.165, 1.54) is 21.9 Å². The third kappa shape index (κ3) is 4.77. The summed E-state index contributed by atoms with van der Waals surface area (Å²) < 4.78 is 0. The number of hydrogen-bond acceptors (Lipinski definition) is 2. The number of para-hydroxylation sites is 1. The minimum atomic E-state index is 0.0125. The molecule has 4 nitrogen and oxygen atoms in total. The molecule has 1 fully saturated rings. The number of carbonyl (C=O) groups is 1. The number of fused-ring (bicyclic) bond motifs is 1. The fourth-order valence-electron chi connectivity index (χ4n) is 4.07. The van der Waals surface area contributed by atoms with Gasteiger partial charge in [0.2, 0.25) is 0 Å². The summed E-state index contributed by atoms with van der Waals surface area (Å²) in [7, 11) is 0. The molecule has 150 valence electrons. The molecule has 4 rings (SSSR count). The summed E-state index contributed by atoms with van der Waals surface area (Å²) >= 11 is 0. The van der Waals surface area contributed by atoms with Gasteiger partial charge in [0.1, 0.15) is 0 Å². The molecule has 0 bridgehead atoms. The Morgan fingerprint density at radius 2 is 1.69 bits per heavy atom. The van der Waals surface area contributed by atoms with Crippen LogP contribution >= 0.6 is 0 Å². The quantitative estimate of drug-likeness (QED) is 0.673. The lowest BCUT2D eigenvalue weighted by molar-refractivity contribution is 0.211. The number of benzene rings is 3.